The molecule has 1 aliphatic rings. The summed E-state index contributed by atoms with van der Waals surface area (Å²) in [6.07, 6.45) is -0.272. The number of hydrogen-bond donors (Lipinski definition) is 2. The Labute approximate surface area is 135 Å². The number of fused-ring (bicyclic) bond motifs is 1. The van der Waals surface area contributed by atoms with Gasteiger partial charge in [0.1, 0.15) is 28.9 Å². The molecule has 10 heteroatoms. The Hall–Kier alpha value is -0.970. The van der Waals surface area contributed by atoms with Crippen LogP contribution < -0.4 is 0 Å². The molecule has 4 atom stereocenters. The van der Waals surface area contributed by atoms with Crippen molar-refractivity contribution in [2.24, 2.45) is 0 Å². The van der Waals surface area contributed by atoms with Gasteiger partial charge >= 0.3 is 0 Å². The fraction of sp³-hybridized carbons (Fsp3) is 0.583. The summed E-state index contributed by atoms with van der Waals surface area (Å²) >= 11 is 7.33. The second kappa shape index (κ2) is 6.26. The van der Waals surface area contributed by atoms with E-state index in [-0.39, 0.29) is 11.9 Å². The predicted molar refractivity (Wildman–Crippen MR) is 79.9 cm³/mol. The number of methoxy groups -OCH3 is 1. The van der Waals surface area contributed by atoms with Crippen molar-refractivity contribution in [1.82, 2.24) is 19.5 Å². The number of aliphatic hydroxyl groups is 2. The Morgan fingerprint density at radius 2 is 2.18 bits per heavy atom. The van der Waals surface area contributed by atoms with Crippen molar-refractivity contribution in [2.45, 2.75) is 29.6 Å². The molecule has 1 saturated heterocycles. The Morgan fingerprint density at radius 1 is 1.41 bits per heavy atom. The van der Waals surface area contributed by atoms with Gasteiger partial charge in [-0.05, 0) is 17.9 Å². The van der Waals surface area contributed by atoms with Crippen LogP contribution in [0.4, 0.5) is 0 Å². The molecule has 0 amide bonds. The van der Waals surface area contributed by atoms with Gasteiger partial charge in [0.2, 0.25) is 5.28 Å². The third kappa shape index (κ3) is 2.57. The predicted octanol–water partition coefficient (Wildman–Crippen LogP) is 0.467. The zero-order valence-corrected chi connectivity index (χ0v) is 13.5. The highest BCUT2D eigenvalue weighted by molar-refractivity contribution is 7.98. The van der Waals surface area contributed by atoms with Crippen LogP contribution in [-0.4, -0.2) is 68.0 Å². The minimum Gasteiger partial charge on any atom is -0.387 e. The first-order chi connectivity index (χ1) is 10.6. The van der Waals surface area contributed by atoms with Crippen molar-refractivity contribution in [3.05, 3.63) is 11.6 Å². The summed E-state index contributed by atoms with van der Waals surface area (Å²) < 4.78 is 12.2. The van der Waals surface area contributed by atoms with Crippen LogP contribution >= 0.6 is 23.4 Å². The van der Waals surface area contributed by atoms with Gasteiger partial charge in [-0.15, -0.1) is 11.8 Å². The molecule has 0 unspecified atom stereocenters. The van der Waals surface area contributed by atoms with Gasteiger partial charge in [0.15, 0.2) is 11.9 Å². The van der Waals surface area contributed by atoms with Crippen LogP contribution in [0.25, 0.3) is 11.2 Å². The van der Waals surface area contributed by atoms with Crippen molar-refractivity contribution >= 4 is 34.5 Å². The molecule has 0 saturated carbocycles. The molecule has 8 nitrogen and oxygen atoms in total. The van der Waals surface area contributed by atoms with Crippen LogP contribution in [0, 0.1) is 0 Å². The van der Waals surface area contributed by atoms with E-state index in [9.17, 15) is 10.2 Å². The maximum Gasteiger partial charge on any atom is 0.225 e. The molecule has 1 aliphatic heterocycles. The molecule has 3 rings (SSSR count). The summed E-state index contributed by atoms with van der Waals surface area (Å²) in [7, 11) is 1.50. The van der Waals surface area contributed by atoms with Crippen LogP contribution in [0.3, 0.4) is 0 Å². The Balaban J connectivity index is 2.02. The summed E-state index contributed by atoms with van der Waals surface area (Å²) in [6.45, 7) is 0.174. The van der Waals surface area contributed by atoms with Gasteiger partial charge in [-0.2, -0.15) is 4.98 Å². The van der Waals surface area contributed by atoms with Crippen molar-refractivity contribution in [1.29, 1.82) is 0 Å². The van der Waals surface area contributed by atoms with Crippen LogP contribution in [0.2, 0.25) is 5.28 Å². The molecule has 3 heterocycles. The number of hydrogen-bond acceptors (Lipinski definition) is 8. The number of aliphatic hydroxyl groups excluding tert-OH is 2. The molecular weight excluding hydrogens is 332 g/mol. The third-order valence-electron chi connectivity index (χ3n) is 3.50. The highest BCUT2D eigenvalue weighted by atomic mass is 35.5. The number of nitrogens with zero attached hydrogens (tertiary/aromatic N) is 4. The largest absolute Gasteiger partial charge is 0.387 e. The number of ether oxygens (including phenoxy) is 2. The van der Waals surface area contributed by atoms with Crippen molar-refractivity contribution in [2.75, 3.05) is 20.0 Å². The second-order valence-corrected chi connectivity index (χ2v) is 5.96. The van der Waals surface area contributed by atoms with Gasteiger partial charge in [0.05, 0.1) is 12.9 Å². The number of aromatic nitrogens is 4. The van der Waals surface area contributed by atoms with Gasteiger partial charge in [-0.3, -0.25) is 4.57 Å². The van der Waals surface area contributed by atoms with Crippen LogP contribution in [0.15, 0.2) is 11.4 Å². The summed E-state index contributed by atoms with van der Waals surface area (Å²) in [6, 6.07) is 0. The molecule has 0 spiro atoms. The van der Waals surface area contributed by atoms with E-state index >= 15 is 0 Å². The number of rotatable bonds is 4. The Kier molecular flexibility index (Phi) is 4.53. The van der Waals surface area contributed by atoms with E-state index in [1.807, 2.05) is 6.26 Å². The average molecular weight is 347 g/mol. The van der Waals surface area contributed by atoms with Crippen molar-refractivity contribution < 1.29 is 19.7 Å². The zero-order chi connectivity index (χ0) is 15.9. The fourth-order valence-electron chi connectivity index (χ4n) is 2.45. The summed E-state index contributed by atoms with van der Waals surface area (Å²) in [4.78, 5) is 12.5. The van der Waals surface area contributed by atoms with Crippen LogP contribution in [0.5, 0.6) is 0 Å². The first kappa shape index (κ1) is 15.9. The van der Waals surface area contributed by atoms with E-state index in [4.69, 9.17) is 21.1 Å². The molecule has 2 aromatic heterocycles. The normalized spacial score (nSPS) is 28.6. The molecule has 0 bridgehead atoms. The van der Waals surface area contributed by atoms with Gasteiger partial charge < -0.3 is 19.7 Å². The van der Waals surface area contributed by atoms with E-state index < -0.39 is 24.5 Å². The molecule has 0 radical (unpaired) electrons. The first-order valence-corrected chi connectivity index (χ1v) is 8.11. The maximum absolute atomic E-state index is 10.2. The summed E-state index contributed by atoms with van der Waals surface area (Å²) in [5.74, 6) is 0. The third-order valence-corrected chi connectivity index (χ3v) is 4.34. The number of imidazole rings is 1. The van der Waals surface area contributed by atoms with Crippen LogP contribution in [-0.2, 0) is 9.47 Å². The van der Waals surface area contributed by atoms with E-state index in [1.54, 1.807) is 4.57 Å². The van der Waals surface area contributed by atoms with E-state index in [2.05, 4.69) is 15.0 Å². The topological polar surface area (TPSA) is 103 Å². The second-order valence-electron chi connectivity index (χ2n) is 4.83. The Bertz CT molecular complexity index is 684. The van der Waals surface area contributed by atoms with Gasteiger partial charge in [-0.1, -0.05) is 0 Å². The lowest BCUT2D eigenvalue weighted by Gasteiger charge is -2.16. The van der Waals surface area contributed by atoms with Crippen molar-refractivity contribution in [3.8, 4) is 0 Å². The quantitative estimate of drug-likeness (QED) is 0.468. The van der Waals surface area contributed by atoms with Gasteiger partial charge in [0.25, 0.3) is 0 Å². The standard InChI is InChI=1S/C12H15ClN4O4S/c1-20-3-5-7(18)8(19)11(21-5)17-4-14-6-9(17)15-12(13)16-10(6)22-2/h4-5,7-8,11,18-19H,3H2,1-2H3/t5-,7-,8-,11-/m1/s1. The lowest BCUT2D eigenvalue weighted by atomic mass is 10.1. The maximum atomic E-state index is 10.2. The lowest BCUT2D eigenvalue weighted by molar-refractivity contribution is -0.0580. The molecular formula is C12H15ClN4O4S. The van der Waals surface area contributed by atoms with Crippen molar-refractivity contribution in [3.63, 3.8) is 0 Å². The molecule has 0 aliphatic carbocycles. The Morgan fingerprint density at radius 3 is 2.86 bits per heavy atom. The average Bonchev–Trinajstić information content (AvgIpc) is 3.03. The lowest BCUT2D eigenvalue weighted by Crippen LogP contribution is -2.33. The zero-order valence-electron chi connectivity index (χ0n) is 11.9. The minimum atomic E-state index is -1.12. The van der Waals surface area contributed by atoms with Crippen LogP contribution in [0.1, 0.15) is 6.23 Å². The smallest absolute Gasteiger partial charge is 0.225 e. The molecule has 22 heavy (non-hydrogen) atoms. The summed E-state index contributed by atoms with van der Waals surface area (Å²) in [5.41, 5.74) is 1.01. The molecule has 2 N–H and O–H groups in total. The number of thioether (sulfide) groups is 1. The molecule has 2 aromatic rings. The van der Waals surface area contributed by atoms with E-state index in [0.29, 0.717) is 16.2 Å². The van der Waals surface area contributed by atoms with Gasteiger partial charge in [-0.25, -0.2) is 9.97 Å². The highest BCUT2D eigenvalue weighted by Crippen LogP contribution is 2.33. The van der Waals surface area contributed by atoms with E-state index in [0.717, 1.165) is 0 Å². The monoisotopic (exact) mass is 346 g/mol. The van der Waals surface area contributed by atoms with E-state index in [1.165, 1.54) is 25.2 Å². The molecule has 0 aromatic carbocycles. The SMILES string of the molecule is COC[C@H]1O[C@@H](n2cnc3c(SC)nc(Cl)nc32)[C@H](O)[C@@H]1O. The fourth-order valence-corrected chi connectivity index (χ4v) is 3.18. The molecule has 1 fully saturated rings. The first-order valence-electron chi connectivity index (χ1n) is 6.51. The van der Waals surface area contributed by atoms with Gasteiger partial charge in [0, 0.05) is 7.11 Å². The minimum absolute atomic E-state index is 0.0834. The summed E-state index contributed by atoms with van der Waals surface area (Å²) in [5, 5.41) is 21.0. The highest BCUT2D eigenvalue weighted by Gasteiger charge is 2.44. The number of halogens is 1. The molecule has 120 valence electrons.